The van der Waals surface area contributed by atoms with Crippen LogP contribution >= 0.6 is 0 Å². The molecule has 1 aliphatic carbocycles. The van der Waals surface area contributed by atoms with Crippen molar-refractivity contribution >= 4 is 16.9 Å². The van der Waals surface area contributed by atoms with Crippen LogP contribution in [0, 0.1) is 0 Å². The molecule has 0 unspecified atom stereocenters. The Morgan fingerprint density at radius 3 is 2.92 bits per heavy atom. The molecular weight excluding hydrogens is 306 g/mol. The van der Waals surface area contributed by atoms with Gasteiger partial charge in [-0.2, -0.15) is 0 Å². The number of hydrogen-bond acceptors (Lipinski definition) is 5. The second kappa shape index (κ2) is 6.38. The van der Waals surface area contributed by atoms with Crippen molar-refractivity contribution in [3.05, 3.63) is 36.9 Å². The van der Waals surface area contributed by atoms with Crippen molar-refractivity contribution in [3.8, 4) is 0 Å². The number of pyridine rings is 1. The summed E-state index contributed by atoms with van der Waals surface area (Å²) in [5.74, 6) is -0.0427. The summed E-state index contributed by atoms with van der Waals surface area (Å²) in [6.07, 6.45) is 9.42. The predicted molar refractivity (Wildman–Crippen MR) is 87.0 cm³/mol. The van der Waals surface area contributed by atoms with E-state index in [1.54, 1.807) is 0 Å². The zero-order valence-electron chi connectivity index (χ0n) is 13.2. The Morgan fingerprint density at radius 1 is 1.25 bits per heavy atom. The van der Waals surface area contributed by atoms with Crippen LogP contribution < -0.4 is 5.32 Å². The van der Waals surface area contributed by atoms with Gasteiger partial charge in [0.25, 0.3) is 0 Å². The molecule has 3 aromatic rings. The van der Waals surface area contributed by atoms with Crippen LogP contribution in [0.4, 0.5) is 0 Å². The van der Waals surface area contributed by atoms with Crippen LogP contribution in [-0.2, 0) is 11.3 Å². The highest BCUT2D eigenvalue weighted by molar-refractivity contribution is 5.76. The quantitative estimate of drug-likeness (QED) is 0.781. The van der Waals surface area contributed by atoms with Crippen molar-refractivity contribution in [2.24, 2.45) is 0 Å². The third kappa shape index (κ3) is 2.99. The van der Waals surface area contributed by atoms with E-state index in [0.717, 1.165) is 31.3 Å². The second-order valence-electron chi connectivity index (χ2n) is 6.22. The van der Waals surface area contributed by atoms with E-state index >= 15 is 0 Å². The van der Waals surface area contributed by atoms with Crippen LogP contribution in [-0.4, -0.2) is 41.7 Å². The van der Waals surface area contributed by atoms with Gasteiger partial charge < -0.3 is 9.88 Å². The Morgan fingerprint density at radius 2 is 2.12 bits per heavy atom. The van der Waals surface area contributed by atoms with Crippen molar-refractivity contribution in [2.75, 3.05) is 0 Å². The average molecular weight is 325 g/mol. The van der Waals surface area contributed by atoms with Gasteiger partial charge in [0, 0.05) is 29.9 Å². The highest BCUT2D eigenvalue weighted by atomic mass is 16.2. The first kappa shape index (κ1) is 14.8. The Bertz CT molecular complexity index is 818. The maximum atomic E-state index is 12.0. The van der Waals surface area contributed by atoms with Gasteiger partial charge >= 0.3 is 0 Å². The summed E-state index contributed by atoms with van der Waals surface area (Å²) in [4.78, 5) is 16.5. The lowest BCUT2D eigenvalue weighted by atomic mass is 9.91. The van der Waals surface area contributed by atoms with Crippen LogP contribution in [0.15, 0.2) is 36.9 Å². The van der Waals surface area contributed by atoms with E-state index < -0.39 is 0 Å². The minimum atomic E-state index is -0.0427. The summed E-state index contributed by atoms with van der Waals surface area (Å²) in [5, 5.41) is 15.0. The van der Waals surface area contributed by atoms with E-state index in [1.807, 2.05) is 12.3 Å². The molecule has 124 valence electrons. The van der Waals surface area contributed by atoms with Crippen LogP contribution in [0.3, 0.4) is 0 Å². The minimum absolute atomic E-state index is 0.0427. The molecule has 1 aliphatic rings. The summed E-state index contributed by atoms with van der Waals surface area (Å²) >= 11 is 0. The maximum absolute atomic E-state index is 12.0. The van der Waals surface area contributed by atoms with E-state index in [9.17, 15) is 4.79 Å². The van der Waals surface area contributed by atoms with E-state index in [0.29, 0.717) is 6.04 Å². The number of amides is 1. The zero-order chi connectivity index (χ0) is 16.4. The third-order valence-corrected chi connectivity index (χ3v) is 4.63. The summed E-state index contributed by atoms with van der Waals surface area (Å²) < 4.78 is 3.70. The fourth-order valence-electron chi connectivity index (χ4n) is 3.45. The minimum Gasteiger partial charge on any atom is -0.352 e. The number of tetrazole rings is 1. The summed E-state index contributed by atoms with van der Waals surface area (Å²) in [6.45, 7) is 0.166. The third-order valence-electron chi connectivity index (χ3n) is 4.63. The Hall–Kier alpha value is -2.77. The van der Waals surface area contributed by atoms with Gasteiger partial charge in [-0.05, 0) is 54.3 Å². The van der Waals surface area contributed by atoms with Crippen LogP contribution in [0.5, 0.6) is 0 Å². The summed E-state index contributed by atoms with van der Waals surface area (Å²) in [5.41, 5.74) is 1.05. The van der Waals surface area contributed by atoms with Crippen molar-refractivity contribution in [1.82, 2.24) is 35.1 Å². The van der Waals surface area contributed by atoms with Gasteiger partial charge in [0.1, 0.15) is 18.5 Å². The Kier molecular flexibility index (Phi) is 3.94. The first-order valence-electron chi connectivity index (χ1n) is 8.21. The molecule has 24 heavy (non-hydrogen) atoms. The number of aromatic nitrogens is 6. The number of carbonyl (C=O) groups excluding carboxylic acids is 1. The number of rotatable bonds is 4. The summed E-state index contributed by atoms with van der Waals surface area (Å²) in [6, 6.07) is 6.83. The molecule has 0 radical (unpaired) electrons. The van der Waals surface area contributed by atoms with E-state index in [2.05, 4.69) is 48.7 Å². The van der Waals surface area contributed by atoms with Crippen molar-refractivity contribution in [2.45, 2.75) is 44.3 Å². The lowest BCUT2D eigenvalue weighted by molar-refractivity contribution is -0.122. The van der Waals surface area contributed by atoms with Gasteiger partial charge in [-0.1, -0.05) is 0 Å². The molecule has 3 aromatic heterocycles. The molecule has 8 nitrogen and oxygen atoms in total. The molecular formula is C16H19N7O. The predicted octanol–water partition coefficient (Wildman–Crippen LogP) is 1.32. The molecule has 1 fully saturated rings. The summed E-state index contributed by atoms with van der Waals surface area (Å²) in [7, 11) is 0. The van der Waals surface area contributed by atoms with Gasteiger partial charge in [0.05, 0.1) is 0 Å². The topological polar surface area (TPSA) is 90.5 Å². The standard InChI is InChI=1S/C16H19N7O/c24-15(10-22-11-18-20-21-22)19-13-3-5-14(6-4-13)23-9-7-12-2-1-8-17-16(12)23/h1-2,7-9,11,13-14H,3-6,10H2,(H,19,24). The van der Waals surface area contributed by atoms with Crippen molar-refractivity contribution < 1.29 is 4.79 Å². The molecule has 0 saturated heterocycles. The number of fused-ring (bicyclic) bond motifs is 1. The lowest BCUT2D eigenvalue weighted by Crippen LogP contribution is -2.39. The molecule has 1 saturated carbocycles. The molecule has 0 aromatic carbocycles. The number of hydrogen-bond donors (Lipinski definition) is 1. The highest BCUT2D eigenvalue weighted by Crippen LogP contribution is 2.31. The normalized spacial score (nSPS) is 21.0. The molecule has 1 amide bonds. The monoisotopic (exact) mass is 325 g/mol. The SMILES string of the molecule is O=C(Cn1cnnn1)NC1CCC(n2ccc3cccnc32)CC1. The number of carbonyl (C=O) groups is 1. The molecule has 0 aliphatic heterocycles. The van der Waals surface area contributed by atoms with Crippen LogP contribution in [0.2, 0.25) is 0 Å². The number of nitrogens with one attached hydrogen (secondary N) is 1. The fourth-order valence-corrected chi connectivity index (χ4v) is 3.45. The number of nitrogens with zero attached hydrogens (tertiary/aromatic N) is 6. The van der Waals surface area contributed by atoms with Crippen molar-refractivity contribution in [1.29, 1.82) is 0 Å². The first-order chi connectivity index (χ1) is 11.8. The zero-order valence-corrected chi connectivity index (χ0v) is 13.2. The van der Waals surface area contributed by atoms with E-state index in [1.165, 1.54) is 16.4 Å². The molecule has 4 rings (SSSR count). The Labute approximate surface area is 138 Å². The molecule has 1 N–H and O–H groups in total. The molecule has 3 heterocycles. The molecule has 0 spiro atoms. The second-order valence-corrected chi connectivity index (χ2v) is 6.22. The Balaban J connectivity index is 1.34. The fraction of sp³-hybridized carbons (Fsp3) is 0.438. The van der Waals surface area contributed by atoms with Crippen LogP contribution in [0.1, 0.15) is 31.7 Å². The van der Waals surface area contributed by atoms with Crippen molar-refractivity contribution in [3.63, 3.8) is 0 Å². The van der Waals surface area contributed by atoms with Gasteiger partial charge in [-0.25, -0.2) is 9.67 Å². The highest BCUT2D eigenvalue weighted by Gasteiger charge is 2.24. The maximum Gasteiger partial charge on any atom is 0.242 e. The first-order valence-corrected chi connectivity index (χ1v) is 8.21. The van der Waals surface area contributed by atoms with E-state index in [4.69, 9.17) is 0 Å². The average Bonchev–Trinajstić information content (AvgIpc) is 3.25. The lowest BCUT2D eigenvalue weighted by Gasteiger charge is -2.30. The van der Waals surface area contributed by atoms with Gasteiger partial charge in [0.2, 0.25) is 5.91 Å². The van der Waals surface area contributed by atoms with Gasteiger partial charge in [-0.15, -0.1) is 5.10 Å². The largest absolute Gasteiger partial charge is 0.352 e. The smallest absolute Gasteiger partial charge is 0.242 e. The van der Waals surface area contributed by atoms with Gasteiger partial charge in [-0.3, -0.25) is 4.79 Å². The van der Waals surface area contributed by atoms with Crippen LogP contribution in [0.25, 0.3) is 11.0 Å². The van der Waals surface area contributed by atoms with E-state index in [-0.39, 0.29) is 18.5 Å². The molecule has 0 atom stereocenters. The van der Waals surface area contributed by atoms with Gasteiger partial charge in [0.15, 0.2) is 0 Å². The molecule has 0 bridgehead atoms. The molecule has 8 heteroatoms.